The fourth-order valence-electron chi connectivity index (χ4n) is 1.25. The molecule has 0 saturated heterocycles. The lowest BCUT2D eigenvalue weighted by Crippen LogP contribution is -2.14. The first-order valence-corrected chi connectivity index (χ1v) is 6.04. The maximum Gasteiger partial charge on any atom is 0.267 e. The molecule has 0 aliphatic rings. The van der Waals surface area contributed by atoms with Gasteiger partial charge in [0, 0.05) is 13.2 Å². The molecule has 0 fully saturated rings. The van der Waals surface area contributed by atoms with Gasteiger partial charge in [-0.15, -0.1) is 0 Å². The third-order valence-electron chi connectivity index (χ3n) is 1.92. The molecule has 2 aromatic rings. The summed E-state index contributed by atoms with van der Waals surface area (Å²) in [6, 6.07) is 0. The van der Waals surface area contributed by atoms with Crippen LogP contribution in [0.25, 0.3) is 0 Å². The molecule has 8 nitrogen and oxygen atoms in total. The molecular weight excluding hydrogens is 244 g/mol. The van der Waals surface area contributed by atoms with Crippen LogP contribution in [-0.4, -0.2) is 28.2 Å². The first kappa shape index (κ1) is 11.3. The number of aryl methyl sites for hydroxylation is 1. The minimum Gasteiger partial charge on any atom is -0.381 e. The molecule has 0 aliphatic heterocycles. The van der Waals surface area contributed by atoms with Gasteiger partial charge in [-0.3, -0.25) is 9.40 Å². The smallest absolute Gasteiger partial charge is 0.267 e. The number of hydrogen-bond donors (Lipinski definition) is 2. The summed E-state index contributed by atoms with van der Waals surface area (Å²) < 4.78 is 27.5. The summed E-state index contributed by atoms with van der Waals surface area (Å²) in [4.78, 5) is 7.32. The molecular formula is C8H10N6O2S. The lowest BCUT2D eigenvalue weighted by atomic mass is 10.6. The van der Waals surface area contributed by atoms with E-state index in [0.717, 1.165) is 0 Å². The summed E-state index contributed by atoms with van der Waals surface area (Å²) in [5.74, 6) is -0.0585. The average Bonchev–Trinajstić information content (AvgIpc) is 2.59. The molecule has 90 valence electrons. The molecule has 2 heterocycles. The van der Waals surface area contributed by atoms with Crippen LogP contribution in [0.5, 0.6) is 0 Å². The first-order valence-electron chi connectivity index (χ1n) is 4.56. The van der Waals surface area contributed by atoms with E-state index in [9.17, 15) is 8.42 Å². The Morgan fingerprint density at radius 1 is 1.35 bits per heavy atom. The molecule has 0 aromatic carbocycles. The zero-order chi connectivity index (χ0) is 12.5. The second-order valence-electron chi connectivity index (χ2n) is 3.28. The highest BCUT2D eigenvalue weighted by molar-refractivity contribution is 7.92. The Morgan fingerprint density at radius 2 is 2.00 bits per heavy atom. The minimum atomic E-state index is -3.76. The van der Waals surface area contributed by atoms with Gasteiger partial charge in [0.2, 0.25) is 0 Å². The van der Waals surface area contributed by atoms with E-state index in [1.807, 2.05) is 0 Å². The molecule has 17 heavy (non-hydrogen) atoms. The number of nitrogen functional groups attached to an aromatic ring is 1. The van der Waals surface area contributed by atoms with Crippen molar-refractivity contribution in [1.29, 1.82) is 0 Å². The number of hydrogen-bond acceptors (Lipinski definition) is 6. The van der Waals surface area contributed by atoms with Gasteiger partial charge in [-0.2, -0.15) is 5.10 Å². The van der Waals surface area contributed by atoms with Crippen molar-refractivity contribution < 1.29 is 8.42 Å². The zero-order valence-corrected chi connectivity index (χ0v) is 9.72. The monoisotopic (exact) mass is 254 g/mol. The molecule has 9 heteroatoms. The van der Waals surface area contributed by atoms with E-state index in [1.54, 1.807) is 7.05 Å². The van der Waals surface area contributed by atoms with Crippen molar-refractivity contribution in [1.82, 2.24) is 19.7 Å². The number of aromatic nitrogens is 4. The molecule has 0 amide bonds. The second kappa shape index (κ2) is 4.01. The van der Waals surface area contributed by atoms with Crippen LogP contribution in [-0.2, 0) is 17.1 Å². The summed E-state index contributed by atoms with van der Waals surface area (Å²) in [5.41, 5.74) is 5.76. The fraction of sp³-hybridized carbons (Fsp3) is 0.125. The molecule has 2 aromatic heterocycles. The Morgan fingerprint density at radius 3 is 2.53 bits per heavy atom. The summed E-state index contributed by atoms with van der Waals surface area (Å²) >= 11 is 0. The van der Waals surface area contributed by atoms with E-state index in [0.29, 0.717) is 0 Å². The van der Waals surface area contributed by atoms with Gasteiger partial charge in [0.15, 0.2) is 5.82 Å². The number of anilines is 2. The second-order valence-corrected chi connectivity index (χ2v) is 4.94. The van der Waals surface area contributed by atoms with E-state index < -0.39 is 10.0 Å². The van der Waals surface area contributed by atoms with Crippen LogP contribution < -0.4 is 10.5 Å². The zero-order valence-electron chi connectivity index (χ0n) is 8.90. The number of nitrogens with two attached hydrogens (primary N) is 1. The molecule has 0 aliphatic carbocycles. The lowest BCUT2D eigenvalue weighted by Gasteiger charge is -2.04. The van der Waals surface area contributed by atoms with Crippen LogP contribution in [0.3, 0.4) is 0 Å². The molecule has 0 unspecified atom stereocenters. The molecule has 3 N–H and O–H groups in total. The van der Waals surface area contributed by atoms with Gasteiger partial charge in [0.05, 0.1) is 18.1 Å². The van der Waals surface area contributed by atoms with Gasteiger partial charge in [-0.25, -0.2) is 18.4 Å². The third-order valence-corrected chi connectivity index (χ3v) is 3.32. The number of rotatable bonds is 3. The van der Waals surface area contributed by atoms with Crippen molar-refractivity contribution in [3.8, 4) is 0 Å². The number of nitrogens with zero attached hydrogens (tertiary/aromatic N) is 4. The van der Waals surface area contributed by atoms with Crippen LogP contribution >= 0.6 is 0 Å². The van der Waals surface area contributed by atoms with Crippen molar-refractivity contribution in [2.24, 2.45) is 7.05 Å². The topological polar surface area (TPSA) is 116 Å². The molecule has 0 spiro atoms. The highest BCUT2D eigenvalue weighted by Crippen LogP contribution is 2.18. The standard InChI is InChI=1S/C8H10N6O2S/c1-14-4-7(8(9)12-14)17(15,16)13-6-2-10-5-11-3-6/h2-5,13H,1H3,(H2,9,12). The van der Waals surface area contributed by atoms with Gasteiger partial charge in [0.25, 0.3) is 10.0 Å². The van der Waals surface area contributed by atoms with Crippen LogP contribution in [0.15, 0.2) is 29.8 Å². The van der Waals surface area contributed by atoms with E-state index in [1.165, 1.54) is 29.6 Å². The predicted molar refractivity (Wildman–Crippen MR) is 60.5 cm³/mol. The average molecular weight is 254 g/mol. The minimum absolute atomic E-state index is 0.0585. The van der Waals surface area contributed by atoms with E-state index in [4.69, 9.17) is 5.73 Å². The quantitative estimate of drug-likeness (QED) is 0.769. The maximum atomic E-state index is 11.9. The van der Waals surface area contributed by atoms with Crippen LogP contribution in [0.4, 0.5) is 11.5 Å². The summed E-state index contributed by atoms with van der Waals surface area (Å²) in [5, 5.41) is 3.76. The molecule has 0 bridgehead atoms. The molecule has 2 rings (SSSR count). The molecule has 0 radical (unpaired) electrons. The van der Waals surface area contributed by atoms with Gasteiger partial charge in [-0.05, 0) is 0 Å². The molecule has 0 atom stereocenters. The highest BCUT2D eigenvalue weighted by atomic mass is 32.2. The summed E-state index contributed by atoms with van der Waals surface area (Å²) in [7, 11) is -2.18. The SMILES string of the molecule is Cn1cc(S(=O)(=O)Nc2cncnc2)c(N)n1. The largest absolute Gasteiger partial charge is 0.381 e. The van der Waals surface area contributed by atoms with Crippen LogP contribution in [0, 0.1) is 0 Å². The van der Waals surface area contributed by atoms with Crippen LogP contribution in [0.1, 0.15) is 0 Å². The normalized spacial score (nSPS) is 11.4. The Bertz CT molecular complexity index is 621. The van der Waals surface area contributed by atoms with Gasteiger partial charge < -0.3 is 5.73 Å². The molecule has 0 saturated carbocycles. The lowest BCUT2D eigenvalue weighted by molar-refractivity contribution is 0.601. The predicted octanol–water partition coefficient (Wildman–Crippen LogP) is -0.407. The highest BCUT2D eigenvalue weighted by Gasteiger charge is 2.20. The van der Waals surface area contributed by atoms with E-state index >= 15 is 0 Å². The Balaban J connectivity index is 2.35. The number of nitrogens with one attached hydrogen (secondary N) is 1. The van der Waals surface area contributed by atoms with Crippen molar-refractivity contribution in [2.45, 2.75) is 4.90 Å². The van der Waals surface area contributed by atoms with Gasteiger partial charge in [0.1, 0.15) is 11.2 Å². The first-order chi connectivity index (χ1) is 7.99. The third kappa shape index (κ3) is 2.33. The Hall–Kier alpha value is -2.16. The van der Waals surface area contributed by atoms with E-state index in [2.05, 4.69) is 19.8 Å². The van der Waals surface area contributed by atoms with Gasteiger partial charge >= 0.3 is 0 Å². The van der Waals surface area contributed by atoms with Crippen molar-refractivity contribution in [3.63, 3.8) is 0 Å². The Kier molecular flexibility index (Phi) is 2.68. The van der Waals surface area contributed by atoms with Crippen molar-refractivity contribution in [3.05, 3.63) is 24.9 Å². The van der Waals surface area contributed by atoms with Crippen LogP contribution in [0.2, 0.25) is 0 Å². The fourth-order valence-corrected chi connectivity index (χ4v) is 2.39. The maximum absolute atomic E-state index is 11.9. The Labute approximate surface area is 97.6 Å². The number of sulfonamides is 1. The van der Waals surface area contributed by atoms with Crippen molar-refractivity contribution >= 4 is 21.5 Å². The summed E-state index contributed by atoms with van der Waals surface area (Å²) in [6.07, 6.45) is 5.31. The van der Waals surface area contributed by atoms with Gasteiger partial charge in [-0.1, -0.05) is 0 Å². The van der Waals surface area contributed by atoms with Crippen molar-refractivity contribution in [2.75, 3.05) is 10.5 Å². The van der Waals surface area contributed by atoms with E-state index in [-0.39, 0.29) is 16.4 Å². The summed E-state index contributed by atoms with van der Waals surface area (Å²) in [6.45, 7) is 0.